The molecule has 0 bridgehead atoms. The van der Waals surface area contributed by atoms with Gasteiger partial charge in [0, 0.05) is 18.2 Å². The number of nitrogens with one attached hydrogen (secondary N) is 1. The van der Waals surface area contributed by atoms with Gasteiger partial charge in [-0.3, -0.25) is 19.7 Å². The van der Waals surface area contributed by atoms with Gasteiger partial charge in [-0.05, 0) is 18.4 Å². The van der Waals surface area contributed by atoms with E-state index in [2.05, 4.69) is 5.32 Å². The summed E-state index contributed by atoms with van der Waals surface area (Å²) in [5.74, 6) is -0.971. The van der Waals surface area contributed by atoms with Crippen molar-refractivity contribution >= 4 is 17.5 Å². The van der Waals surface area contributed by atoms with Gasteiger partial charge in [-0.25, -0.2) is 0 Å². The van der Waals surface area contributed by atoms with Gasteiger partial charge in [0.2, 0.25) is 11.8 Å². The third-order valence-electron chi connectivity index (χ3n) is 3.96. The van der Waals surface area contributed by atoms with Gasteiger partial charge < -0.3 is 11.1 Å². The zero-order chi connectivity index (χ0) is 16.1. The molecular formula is C15H19N3O4. The van der Waals surface area contributed by atoms with Gasteiger partial charge in [0.1, 0.15) is 0 Å². The van der Waals surface area contributed by atoms with Crippen molar-refractivity contribution in [2.24, 2.45) is 11.7 Å². The zero-order valence-electron chi connectivity index (χ0n) is 12.2. The van der Waals surface area contributed by atoms with Crippen LogP contribution in [0.25, 0.3) is 0 Å². The average Bonchev–Trinajstić information content (AvgIpc) is 2.47. The number of non-ortho nitro benzene ring substituents is 1. The molecule has 2 amide bonds. The molecule has 1 fully saturated rings. The van der Waals surface area contributed by atoms with Crippen molar-refractivity contribution in [3.63, 3.8) is 0 Å². The van der Waals surface area contributed by atoms with Gasteiger partial charge in [-0.15, -0.1) is 0 Å². The van der Waals surface area contributed by atoms with E-state index in [9.17, 15) is 19.7 Å². The molecule has 2 rings (SSSR count). The summed E-state index contributed by atoms with van der Waals surface area (Å²) in [5, 5.41) is 13.6. The molecule has 0 saturated heterocycles. The van der Waals surface area contributed by atoms with Crippen LogP contribution < -0.4 is 11.1 Å². The minimum atomic E-state index is -0.494. The smallest absolute Gasteiger partial charge is 0.269 e. The summed E-state index contributed by atoms with van der Waals surface area (Å²) < 4.78 is 0. The second-order valence-corrected chi connectivity index (χ2v) is 5.57. The van der Waals surface area contributed by atoms with Gasteiger partial charge in [0.05, 0.1) is 17.3 Å². The van der Waals surface area contributed by atoms with Crippen LogP contribution in [0.15, 0.2) is 24.3 Å². The van der Waals surface area contributed by atoms with Crippen LogP contribution in [0, 0.1) is 16.0 Å². The molecule has 1 aromatic carbocycles. The summed E-state index contributed by atoms with van der Waals surface area (Å²) in [6.45, 7) is 0. The fraction of sp³-hybridized carbons (Fsp3) is 0.467. The SMILES string of the molecule is NC(=O)[C@@H]1CCCC[C@H]1NC(=O)Cc1cccc([N+](=O)[O-])c1. The van der Waals surface area contributed by atoms with Gasteiger partial charge >= 0.3 is 0 Å². The third-order valence-corrected chi connectivity index (χ3v) is 3.96. The Bertz CT molecular complexity index is 588. The Labute approximate surface area is 128 Å². The van der Waals surface area contributed by atoms with Crippen molar-refractivity contribution in [2.45, 2.75) is 38.1 Å². The molecular weight excluding hydrogens is 286 g/mol. The van der Waals surface area contributed by atoms with Crippen LogP contribution in [-0.2, 0) is 16.0 Å². The predicted molar refractivity (Wildman–Crippen MR) is 79.9 cm³/mol. The van der Waals surface area contributed by atoms with Crippen LogP contribution in [0.1, 0.15) is 31.2 Å². The molecule has 118 valence electrons. The number of nitrogens with two attached hydrogens (primary N) is 1. The maximum atomic E-state index is 12.1. The maximum Gasteiger partial charge on any atom is 0.269 e. The highest BCUT2D eigenvalue weighted by Crippen LogP contribution is 2.24. The van der Waals surface area contributed by atoms with Crippen molar-refractivity contribution < 1.29 is 14.5 Å². The van der Waals surface area contributed by atoms with Crippen molar-refractivity contribution in [1.29, 1.82) is 0 Å². The molecule has 1 aliphatic carbocycles. The fourth-order valence-electron chi connectivity index (χ4n) is 2.87. The monoisotopic (exact) mass is 305 g/mol. The Balaban J connectivity index is 1.98. The summed E-state index contributed by atoms with van der Waals surface area (Å²) in [6, 6.07) is 5.74. The lowest BCUT2D eigenvalue weighted by atomic mass is 9.84. The number of nitro benzene ring substituents is 1. The van der Waals surface area contributed by atoms with Crippen LogP contribution >= 0.6 is 0 Å². The second-order valence-electron chi connectivity index (χ2n) is 5.57. The van der Waals surface area contributed by atoms with Crippen LogP contribution in [0.3, 0.4) is 0 Å². The van der Waals surface area contributed by atoms with E-state index in [1.54, 1.807) is 12.1 Å². The maximum absolute atomic E-state index is 12.1. The highest BCUT2D eigenvalue weighted by molar-refractivity contribution is 5.82. The molecule has 7 heteroatoms. The van der Waals surface area contributed by atoms with Gasteiger partial charge in [-0.1, -0.05) is 25.0 Å². The van der Waals surface area contributed by atoms with E-state index in [0.29, 0.717) is 12.0 Å². The first kappa shape index (κ1) is 15.9. The molecule has 0 heterocycles. The Kier molecular flexibility index (Phi) is 5.08. The summed E-state index contributed by atoms with van der Waals surface area (Å²) in [7, 11) is 0. The predicted octanol–water partition coefficient (Wildman–Crippen LogP) is 1.30. The highest BCUT2D eigenvalue weighted by Gasteiger charge is 2.30. The minimum absolute atomic E-state index is 0.0435. The largest absolute Gasteiger partial charge is 0.369 e. The van der Waals surface area contributed by atoms with E-state index in [-0.39, 0.29) is 35.9 Å². The van der Waals surface area contributed by atoms with E-state index < -0.39 is 4.92 Å². The molecule has 0 spiro atoms. The molecule has 0 aromatic heterocycles. The number of nitro groups is 1. The lowest BCUT2D eigenvalue weighted by Crippen LogP contribution is -2.47. The van der Waals surface area contributed by atoms with Gasteiger partial charge in [0.15, 0.2) is 0 Å². The normalized spacial score (nSPS) is 21.1. The quantitative estimate of drug-likeness (QED) is 0.630. The number of hydrogen-bond donors (Lipinski definition) is 2. The van der Waals surface area contributed by atoms with Crippen LogP contribution in [0.5, 0.6) is 0 Å². The summed E-state index contributed by atoms with van der Waals surface area (Å²) in [5.41, 5.74) is 5.90. The number of carbonyl (C=O) groups is 2. The first-order chi connectivity index (χ1) is 10.5. The summed E-state index contributed by atoms with van der Waals surface area (Å²) >= 11 is 0. The Morgan fingerprint density at radius 1 is 1.32 bits per heavy atom. The van der Waals surface area contributed by atoms with Crippen molar-refractivity contribution in [2.75, 3.05) is 0 Å². The van der Waals surface area contributed by atoms with E-state index in [4.69, 9.17) is 5.73 Å². The van der Waals surface area contributed by atoms with E-state index in [0.717, 1.165) is 19.3 Å². The summed E-state index contributed by atoms with van der Waals surface area (Å²) in [6.07, 6.45) is 3.35. The van der Waals surface area contributed by atoms with E-state index in [1.807, 2.05) is 0 Å². The standard InChI is InChI=1S/C15H19N3O4/c16-15(20)12-6-1-2-7-13(12)17-14(19)9-10-4-3-5-11(8-10)18(21)22/h3-5,8,12-13H,1-2,6-7,9H2,(H2,16,20)(H,17,19)/t12-,13-/m1/s1. The first-order valence-electron chi connectivity index (χ1n) is 7.29. The molecule has 7 nitrogen and oxygen atoms in total. The number of rotatable bonds is 5. The minimum Gasteiger partial charge on any atom is -0.369 e. The lowest BCUT2D eigenvalue weighted by Gasteiger charge is -2.30. The first-order valence-corrected chi connectivity index (χ1v) is 7.29. The van der Waals surface area contributed by atoms with Crippen LogP contribution in [0.2, 0.25) is 0 Å². The van der Waals surface area contributed by atoms with Crippen molar-refractivity contribution in [1.82, 2.24) is 5.32 Å². The summed E-state index contributed by atoms with van der Waals surface area (Å²) in [4.78, 5) is 33.8. The number of hydrogen-bond acceptors (Lipinski definition) is 4. The number of primary amides is 1. The third kappa shape index (κ3) is 4.03. The van der Waals surface area contributed by atoms with Crippen LogP contribution in [0.4, 0.5) is 5.69 Å². The number of carbonyl (C=O) groups excluding carboxylic acids is 2. The molecule has 0 aliphatic heterocycles. The average molecular weight is 305 g/mol. The Hall–Kier alpha value is -2.44. The molecule has 0 unspecified atom stereocenters. The molecule has 2 atom stereocenters. The molecule has 22 heavy (non-hydrogen) atoms. The second kappa shape index (κ2) is 7.02. The number of amides is 2. The van der Waals surface area contributed by atoms with Gasteiger partial charge in [-0.2, -0.15) is 0 Å². The molecule has 3 N–H and O–H groups in total. The van der Waals surface area contributed by atoms with E-state index in [1.165, 1.54) is 12.1 Å². The molecule has 1 aliphatic rings. The number of nitrogens with zero attached hydrogens (tertiary/aromatic N) is 1. The highest BCUT2D eigenvalue weighted by atomic mass is 16.6. The Morgan fingerprint density at radius 3 is 2.73 bits per heavy atom. The fourth-order valence-corrected chi connectivity index (χ4v) is 2.87. The number of benzene rings is 1. The topological polar surface area (TPSA) is 115 Å². The zero-order valence-corrected chi connectivity index (χ0v) is 12.2. The molecule has 0 radical (unpaired) electrons. The van der Waals surface area contributed by atoms with Gasteiger partial charge in [0.25, 0.3) is 5.69 Å². The Morgan fingerprint density at radius 2 is 2.05 bits per heavy atom. The van der Waals surface area contributed by atoms with Crippen molar-refractivity contribution in [3.8, 4) is 0 Å². The lowest BCUT2D eigenvalue weighted by molar-refractivity contribution is -0.384. The van der Waals surface area contributed by atoms with Crippen LogP contribution in [-0.4, -0.2) is 22.8 Å². The molecule has 1 aromatic rings. The van der Waals surface area contributed by atoms with E-state index >= 15 is 0 Å². The molecule has 1 saturated carbocycles. The van der Waals surface area contributed by atoms with Crippen molar-refractivity contribution in [3.05, 3.63) is 39.9 Å².